The zero-order valence-corrected chi connectivity index (χ0v) is 20.9. The molecule has 0 bridgehead atoms. The molecular weight excluding hydrogens is 522 g/mol. The van der Waals surface area contributed by atoms with E-state index in [4.69, 9.17) is 22.1 Å². The molecule has 1 atom stereocenters. The van der Waals surface area contributed by atoms with Gasteiger partial charge in [0, 0.05) is 20.8 Å². The number of aromatic nitrogens is 1. The van der Waals surface area contributed by atoms with E-state index in [9.17, 15) is 15.3 Å². The Morgan fingerprint density at radius 1 is 1.20 bits per heavy atom. The number of halogens is 1. The standard InChI is InChI=1S/C24H14ClN5O2S3/c25-13-5-3-12(4-6-13)20-15(10-27)22(28)32-23-21(20)35-19(30-23)8-18(31)29-24-14(9-26)16(11-34-24)17-2-1-7-33-17/h1-7,11,20H,8,28H2,(H,29,31). The highest BCUT2D eigenvalue weighted by Gasteiger charge is 2.34. The molecule has 1 unspecified atom stereocenters. The first-order chi connectivity index (χ1) is 17.0. The van der Waals surface area contributed by atoms with Crippen molar-refractivity contribution in [3.05, 3.63) is 84.6 Å². The number of carbonyl (C=O) groups is 1. The highest BCUT2D eigenvalue weighted by Crippen LogP contribution is 2.45. The van der Waals surface area contributed by atoms with Crippen LogP contribution in [0.4, 0.5) is 5.00 Å². The summed E-state index contributed by atoms with van der Waals surface area (Å²) in [6.07, 6.45) is -0.0206. The van der Waals surface area contributed by atoms with E-state index in [2.05, 4.69) is 22.4 Å². The third kappa shape index (κ3) is 4.41. The normalized spacial score (nSPS) is 14.5. The number of ether oxygens (including phenoxy) is 1. The predicted octanol–water partition coefficient (Wildman–Crippen LogP) is 5.86. The smallest absolute Gasteiger partial charge is 0.236 e. The Morgan fingerprint density at radius 2 is 2.00 bits per heavy atom. The quantitative estimate of drug-likeness (QED) is 0.330. The Morgan fingerprint density at radius 3 is 2.69 bits per heavy atom. The van der Waals surface area contributed by atoms with Crippen LogP contribution in [0, 0.1) is 22.7 Å². The number of benzene rings is 1. The summed E-state index contributed by atoms with van der Waals surface area (Å²) in [4.78, 5) is 19.0. The molecule has 1 aromatic carbocycles. The number of nitrogens with one attached hydrogen (secondary N) is 1. The van der Waals surface area contributed by atoms with Gasteiger partial charge in [0.05, 0.1) is 22.8 Å². The first kappa shape index (κ1) is 23.1. The fraction of sp³-hybridized carbons (Fsp3) is 0.0833. The van der Waals surface area contributed by atoms with Crippen LogP contribution in [-0.2, 0) is 11.2 Å². The molecule has 7 nitrogen and oxygen atoms in total. The summed E-state index contributed by atoms with van der Waals surface area (Å²) >= 11 is 10.2. The minimum absolute atomic E-state index is 0.0143. The number of allylic oxidation sites excluding steroid dienone is 1. The third-order valence-electron chi connectivity index (χ3n) is 5.27. The van der Waals surface area contributed by atoms with E-state index in [1.165, 1.54) is 34.0 Å². The van der Waals surface area contributed by atoms with Crippen LogP contribution in [-0.4, -0.2) is 10.9 Å². The summed E-state index contributed by atoms with van der Waals surface area (Å²) < 4.78 is 5.61. The minimum Gasteiger partial charge on any atom is -0.421 e. The lowest BCUT2D eigenvalue weighted by Crippen LogP contribution is -2.20. The predicted molar refractivity (Wildman–Crippen MR) is 138 cm³/mol. The van der Waals surface area contributed by atoms with Crippen molar-refractivity contribution in [2.75, 3.05) is 5.32 Å². The molecule has 1 amide bonds. The van der Waals surface area contributed by atoms with Gasteiger partial charge in [-0.3, -0.25) is 4.79 Å². The molecule has 172 valence electrons. The van der Waals surface area contributed by atoms with Crippen LogP contribution < -0.4 is 15.8 Å². The van der Waals surface area contributed by atoms with Gasteiger partial charge >= 0.3 is 0 Å². The molecular formula is C24H14ClN5O2S3. The number of fused-ring (bicyclic) bond motifs is 1. The van der Waals surface area contributed by atoms with Gasteiger partial charge in [0.15, 0.2) is 0 Å². The molecule has 0 saturated carbocycles. The number of carbonyl (C=O) groups excluding carboxylic acids is 1. The number of hydrogen-bond acceptors (Lipinski definition) is 9. The van der Waals surface area contributed by atoms with Crippen LogP contribution in [0.3, 0.4) is 0 Å². The van der Waals surface area contributed by atoms with E-state index >= 15 is 0 Å². The lowest BCUT2D eigenvalue weighted by molar-refractivity contribution is -0.115. The summed E-state index contributed by atoms with van der Waals surface area (Å²) in [5.74, 6) is -0.509. The molecule has 0 saturated heterocycles. The first-order valence-corrected chi connectivity index (χ1v) is 13.1. The van der Waals surface area contributed by atoms with E-state index < -0.39 is 5.92 Å². The topological polar surface area (TPSA) is 125 Å². The molecule has 11 heteroatoms. The van der Waals surface area contributed by atoms with Crippen LogP contribution in [0.2, 0.25) is 5.02 Å². The lowest BCUT2D eigenvalue weighted by Gasteiger charge is -2.22. The molecule has 0 spiro atoms. The van der Waals surface area contributed by atoms with Crippen molar-refractivity contribution in [1.82, 2.24) is 4.98 Å². The molecule has 35 heavy (non-hydrogen) atoms. The van der Waals surface area contributed by atoms with Crippen molar-refractivity contribution in [2.24, 2.45) is 5.73 Å². The van der Waals surface area contributed by atoms with Gasteiger partial charge in [-0.2, -0.15) is 10.5 Å². The fourth-order valence-corrected chi connectivity index (χ4v) is 6.71. The van der Waals surface area contributed by atoms with Crippen molar-refractivity contribution >= 4 is 56.5 Å². The van der Waals surface area contributed by atoms with E-state index in [1.54, 1.807) is 12.1 Å². The van der Waals surface area contributed by atoms with Gasteiger partial charge in [-0.1, -0.05) is 29.8 Å². The first-order valence-electron chi connectivity index (χ1n) is 10.2. The number of thiazole rings is 1. The van der Waals surface area contributed by atoms with Crippen LogP contribution in [0.25, 0.3) is 10.4 Å². The number of amides is 1. The van der Waals surface area contributed by atoms with Crippen LogP contribution in [0.5, 0.6) is 5.88 Å². The van der Waals surface area contributed by atoms with E-state index in [0.717, 1.165) is 16.0 Å². The molecule has 0 aliphatic carbocycles. The molecule has 0 fully saturated rings. The van der Waals surface area contributed by atoms with Crippen LogP contribution in [0.15, 0.2) is 58.6 Å². The van der Waals surface area contributed by atoms with Crippen LogP contribution in [0.1, 0.15) is 26.9 Å². The zero-order chi connectivity index (χ0) is 24.5. The molecule has 3 N–H and O–H groups in total. The van der Waals surface area contributed by atoms with Crippen molar-refractivity contribution < 1.29 is 9.53 Å². The number of nitrogens with two attached hydrogens (primary N) is 1. The van der Waals surface area contributed by atoms with Gasteiger partial charge in [-0.25, -0.2) is 4.98 Å². The molecule has 4 heterocycles. The highest BCUT2D eigenvalue weighted by atomic mass is 35.5. The molecule has 1 aliphatic heterocycles. The van der Waals surface area contributed by atoms with E-state index in [0.29, 0.717) is 25.5 Å². The van der Waals surface area contributed by atoms with E-state index in [-0.39, 0.29) is 29.7 Å². The van der Waals surface area contributed by atoms with E-state index in [1.807, 2.05) is 35.0 Å². The average molecular weight is 536 g/mol. The maximum Gasteiger partial charge on any atom is 0.236 e. The SMILES string of the molecule is N#CC1=C(N)Oc2nc(CC(=O)Nc3scc(-c4cccs4)c3C#N)sc2C1c1ccc(Cl)cc1. The monoisotopic (exact) mass is 535 g/mol. The molecule has 1 aliphatic rings. The van der Waals surface area contributed by atoms with Crippen LogP contribution >= 0.6 is 45.6 Å². The average Bonchev–Trinajstić information content (AvgIpc) is 3.58. The largest absolute Gasteiger partial charge is 0.421 e. The summed E-state index contributed by atoms with van der Waals surface area (Å²) in [5, 5.41) is 27.6. The second-order valence-corrected chi connectivity index (χ2v) is 10.8. The lowest BCUT2D eigenvalue weighted by atomic mass is 9.89. The van der Waals surface area contributed by atoms with Gasteiger partial charge in [0.1, 0.15) is 27.7 Å². The van der Waals surface area contributed by atoms with Gasteiger partial charge < -0.3 is 15.8 Å². The Labute approximate surface area is 217 Å². The number of thiophene rings is 2. The number of anilines is 1. The second kappa shape index (κ2) is 9.53. The molecule has 0 radical (unpaired) electrons. The van der Waals surface area contributed by atoms with Gasteiger partial charge in [0.2, 0.25) is 17.7 Å². The maximum absolute atomic E-state index is 12.8. The van der Waals surface area contributed by atoms with Gasteiger partial charge in [-0.15, -0.1) is 34.0 Å². The van der Waals surface area contributed by atoms with Crippen molar-refractivity contribution in [1.29, 1.82) is 10.5 Å². The molecule has 3 aromatic heterocycles. The number of nitrogens with zero attached hydrogens (tertiary/aromatic N) is 3. The number of nitriles is 2. The summed E-state index contributed by atoms with van der Waals surface area (Å²) in [5.41, 5.74) is 8.35. The summed E-state index contributed by atoms with van der Waals surface area (Å²) in [6.45, 7) is 0. The third-order valence-corrected chi connectivity index (χ3v) is 8.42. The second-order valence-electron chi connectivity index (χ2n) is 7.42. The van der Waals surface area contributed by atoms with Crippen molar-refractivity contribution in [2.45, 2.75) is 12.3 Å². The van der Waals surface area contributed by atoms with Crippen molar-refractivity contribution in [3.8, 4) is 28.5 Å². The fourth-order valence-electron chi connectivity index (χ4n) is 3.70. The molecule has 5 rings (SSSR count). The zero-order valence-electron chi connectivity index (χ0n) is 17.7. The Kier molecular flexibility index (Phi) is 6.29. The minimum atomic E-state index is -0.467. The van der Waals surface area contributed by atoms with Gasteiger partial charge in [0.25, 0.3) is 0 Å². The van der Waals surface area contributed by atoms with Crippen molar-refractivity contribution in [3.63, 3.8) is 0 Å². The summed E-state index contributed by atoms with van der Waals surface area (Å²) in [7, 11) is 0. The Bertz CT molecular complexity index is 1540. The number of hydrogen-bond donors (Lipinski definition) is 2. The van der Waals surface area contributed by atoms with Gasteiger partial charge in [-0.05, 0) is 29.1 Å². The highest BCUT2D eigenvalue weighted by molar-refractivity contribution is 7.17. The Hall–Kier alpha value is -3.67. The summed E-state index contributed by atoms with van der Waals surface area (Å²) in [6, 6.07) is 15.3. The maximum atomic E-state index is 12.8. The number of rotatable bonds is 5. The molecule has 4 aromatic rings. The Balaban J connectivity index is 1.40.